The first-order valence-corrected chi connectivity index (χ1v) is 12.2. The third-order valence-corrected chi connectivity index (χ3v) is 6.32. The molecule has 3 aromatic rings. The van der Waals surface area contributed by atoms with Crippen LogP contribution in [0.4, 0.5) is 9.18 Å². The van der Waals surface area contributed by atoms with Gasteiger partial charge in [0.2, 0.25) is 0 Å². The topological polar surface area (TPSA) is 67.9 Å². The molecule has 0 spiro atoms. The van der Waals surface area contributed by atoms with Crippen LogP contribution in [0.2, 0.25) is 0 Å². The number of likely N-dealkylation sites (N-methyl/N-ethyl adjacent to an activating group) is 1. The molecule has 6 nitrogen and oxygen atoms in total. The molecule has 1 aliphatic carbocycles. The number of benzene rings is 3. The Kier molecular flexibility index (Phi) is 6.94. The molecule has 190 valence electrons. The van der Waals surface area contributed by atoms with Crippen LogP contribution in [0.1, 0.15) is 55.1 Å². The van der Waals surface area contributed by atoms with Crippen molar-refractivity contribution in [3.63, 3.8) is 0 Å². The van der Waals surface area contributed by atoms with Crippen LogP contribution >= 0.6 is 0 Å². The average Bonchev–Trinajstić information content (AvgIpc) is 3.58. The van der Waals surface area contributed by atoms with E-state index in [9.17, 15) is 14.0 Å². The van der Waals surface area contributed by atoms with Crippen molar-refractivity contribution in [2.75, 3.05) is 20.2 Å². The first-order valence-electron chi connectivity index (χ1n) is 12.2. The maximum Gasteiger partial charge on any atom is 0.410 e. The monoisotopic (exact) mass is 492 g/mol. The van der Waals surface area contributed by atoms with Crippen LogP contribution in [-0.2, 0) is 10.3 Å². The Balaban J connectivity index is 1.44. The summed E-state index contributed by atoms with van der Waals surface area (Å²) in [5, 5.41) is 4.99. The molecule has 0 aliphatic heterocycles. The number of hydrogen-bond donors (Lipinski definition) is 1. The number of ether oxygens (including phenoxy) is 2. The van der Waals surface area contributed by atoms with Crippen molar-refractivity contribution < 1.29 is 23.5 Å². The Bertz CT molecular complexity index is 1290. The van der Waals surface area contributed by atoms with E-state index in [1.54, 1.807) is 19.2 Å². The first-order chi connectivity index (χ1) is 17.0. The summed E-state index contributed by atoms with van der Waals surface area (Å²) in [5.41, 5.74) is 1.34. The molecule has 0 atom stereocenters. The van der Waals surface area contributed by atoms with E-state index in [2.05, 4.69) is 5.32 Å². The van der Waals surface area contributed by atoms with Crippen LogP contribution in [-0.4, -0.2) is 42.7 Å². The maximum atomic E-state index is 13.7. The predicted molar refractivity (Wildman–Crippen MR) is 138 cm³/mol. The third kappa shape index (κ3) is 5.78. The molecule has 3 aromatic carbocycles. The van der Waals surface area contributed by atoms with Gasteiger partial charge in [0.25, 0.3) is 5.91 Å². The molecule has 0 saturated heterocycles. The van der Waals surface area contributed by atoms with Crippen molar-refractivity contribution >= 4 is 22.8 Å². The van der Waals surface area contributed by atoms with Gasteiger partial charge in [-0.15, -0.1) is 0 Å². The summed E-state index contributed by atoms with van der Waals surface area (Å²) in [4.78, 5) is 26.9. The van der Waals surface area contributed by atoms with Crippen molar-refractivity contribution in [2.24, 2.45) is 0 Å². The summed E-state index contributed by atoms with van der Waals surface area (Å²) in [6, 6.07) is 15.9. The predicted octanol–water partition coefficient (Wildman–Crippen LogP) is 5.95. The first kappa shape index (κ1) is 25.5. The molecule has 1 N–H and O–H groups in total. The Morgan fingerprint density at radius 3 is 2.53 bits per heavy atom. The number of carbonyl (C=O) groups excluding carboxylic acids is 2. The Morgan fingerprint density at radius 1 is 1.08 bits per heavy atom. The van der Waals surface area contributed by atoms with Gasteiger partial charge in [-0.25, -0.2) is 9.18 Å². The number of halogens is 1. The lowest BCUT2D eigenvalue weighted by Crippen LogP contribution is -2.36. The molecule has 0 unspecified atom stereocenters. The average molecular weight is 493 g/mol. The van der Waals surface area contributed by atoms with E-state index in [0.717, 1.165) is 34.7 Å². The van der Waals surface area contributed by atoms with E-state index in [4.69, 9.17) is 9.47 Å². The molecule has 0 heterocycles. The third-order valence-electron chi connectivity index (χ3n) is 6.32. The smallest absolute Gasteiger partial charge is 0.410 e. The van der Waals surface area contributed by atoms with Gasteiger partial charge in [-0.3, -0.25) is 4.79 Å². The van der Waals surface area contributed by atoms with Gasteiger partial charge in [0, 0.05) is 12.6 Å². The van der Waals surface area contributed by atoms with Crippen molar-refractivity contribution in [3.8, 4) is 5.75 Å². The van der Waals surface area contributed by atoms with Crippen molar-refractivity contribution in [3.05, 3.63) is 77.1 Å². The highest BCUT2D eigenvalue weighted by molar-refractivity contribution is 5.97. The molecule has 1 aliphatic rings. The highest BCUT2D eigenvalue weighted by atomic mass is 19.1. The zero-order chi connectivity index (χ0) is 26.1. The van der Waals surface area contributed by atoms with Gasteiger partial charge in [-0.05, 0) is 86.7 Å². The fourth-order valence-corrected chi connectivity index (χ4v) is 4.21. The van der Waals surface area contributed by atoms with E-state index >= 15 is 0 Å². The minimum absolute atomic E-state index is 0.180. The van der Waals surface area contributed by atoms with Crippen LogP contribution in [0.3, 0.4) is 0 Å². The zero-order valence-electron chi connectivity index (χ0n) is 21.5. The molecular formula is C29H33FN2O4. The van der Waals surface area contributed by atoms with E-state index in [1.165, 1.54) is 17.0 Å². The lowest BCUT2D eigenvalue weighted by Gasteiger charge is -2.24. The van der Waals surface area contributed by atoms with Crippen molar-refractivity contribution in [1.82, 2.24) is 10.2 Å². The quantitative estimate of drug-likeness (QED) is 0.442. The molecule has 2 amide bonds. The summed E-state index contributed by atoms with van der Waals surface area (Å²) in [7, 11) is 1.65. The Labute approximate surface area is 211 Å². The van der Waals surface area contributed by atoms with Gasteiger partial charge in [0.05, 0.1) is 12.1 Å². The molecule has 4 rings (SSSR count). The Morgan fingerprint density at radius 2 is 1.83 bits per heavy atom. The molecule has 0 bridgehead atoms. The number of hydrogen-bond acceptors (Lipinski definition) is 4. The highest BCUT2D eigenvalue weighted by Crippen LogP contribution is 2.48. The molecule has 1 saturated carbocycles. The summed E-state index contributed by atoms with van der Waals surface area (Å²) in [5.74, 6) is 0.0903. The number of carbonyl (C=O) groups is 2. The standard InChI is InChI=1S/C29H33FN2O4/c1-19-9-11-22(35-16-15-32(5)27(34)36-28(2,3)4)18-24(19)26(33)31-29(13-14-29)25-8-6-7-20-17-21(30)10-12-23(20)25/h6-12,17-18H,13-16H2,1-5H3,(H,31,33). The number of rotatable bonds is 7. The summed E-state index contributed by atoms with van der Waals surface area (Å²) in [6.07, 6.45) is 1.23. The second-order valence-corrected chi connectivity index (χ2v) is 10.4. The van der Waals surface area contributed by atoms with Crippen molar-refractivity contribution in [2.45, 2.75) is 51.7 Å². The van der Waals surface area contributed by atoms with Gasteiger partial charge in [-0.2, -0.15) is 0 Å². The summed E-state index contributed by atoms with van der Waals surface area (Å²) >= 11 is 0. The number of amides is 2. The van der Waals surface area contributed by atoms with Gasteiger partial charge in [0.1, 0.15) is 23.8 Å². The zero-order valence-corrected chi connectivity index (χ0v) is 21.5. The molecule has 1 fully saturated rings. The number of aryl methyl sites for hydroxylation is 1. The Hall–Kier alpha value is -3.61. The fraction of sp³-hybridized carbons (Fsp3) is 0.379. The lowest BCUT2D eigenvalue weighted by atomic mass is 9.96. The molecule has 7 heteroatoms. The normalized spacial score (nSPS) is 14.3. The summed E-state index contributed by atoms with van der Waals surface area (Å²) in [6.45, 7) is 7.95. The van der Waals surface area contributed by atoms with Gasteiger partial charge < -0.3 is 19.7 Å². The van der Waals surface area contributed by atoms with E-state index in [-0.39, 0.29) is 18.3 Å². The van der Waals surface area contributed by atoms with Crippen LogP contribution in [0.25, 0.3) is 10.8 Å². The number of nitrogens with zero attached hydrogens (tertiary/aromatic N) is 1. The van der Waals surface area contributed by atoms with E-state index < -0.39 is 17.2 Å². The SMILES string of the molecule is Cc1ccc(OCCN(C)C(=O)OC(C)(C)C)cc1C(=O)NC1(c2cccc3cc(F)ccc23)CC1. The van der Waals surface area contributed by atoms with Crippen LogP contribution in [0.15, 0.2) is 54.6 Å². The lowest BCUT2D eigenvalue weighted by molar-refractivity contribution is 0.0278. The van der Waals surface area contributed by atoms with Gasteiger partial charge >= 0.3 is 6.09 Å². The van der Waals surface area contributed by atoms with Gasteiger partial charge in [-0.1, -0.05) is 30.3 Å². The van der Waals surface area contributed by atoms with E-state index in [1.807, 2.05) is 58.0 Å². The van der Waals surface area contributed by atoms with Crippen LogP contribution < -0.4 is 10.1 Å². The van der Waals surface area contributed by atoms with Crippen molar-refractivity contribution in [1.29, 1.82) is 0 Å². The fourth-order valence-electron chi connectivity index (χ4n) is 4.21. The van der Waals surface area contributed by atoms with E-state index in [0.29, 0.717) is 17.9 Å². The number of fused-ring (bicyclic) bond motifs is 1. The van der Waals surface area contributed by atoms with Crippen LogP contribution in [0.5, 0.6) is 5.75 Å². The minimum atomic E-state index is -0.563. The molecule has 0 radical (unpaired) electrons. The number of nitrogens with one attached hydrogen (secondary N) is 1. The summed E-state index contributed by atoms with van der Waals surface area (Å²) < 4.78 is 24.9. The maximum absolute atomic E-state index is 13.7. The molecule has 36 heavy (non-hydrogen) atoms. The largest absolute Gasteiger partial charge is 0.492 e. The van der Waals surface area contributed by atoms with Gasteiger partial charge in [0.15, 0.2) is 0 Å². The minimum Gasteiger partial charge on any atom is -0.492 e. The van der Waals surface area contributed by atoms with Crippen LogP contribution in [0, 0.1) is 12.7 Å². The second kappa shape index (κ2) is 9.80. The molecule has 0 aromatic heterocycles. The second-order valence-electron chi connectivity index (χ2n) is 10.4. The highest BCUT2D eigenvalue weighted by Gasteiger charge is 2.46. The molecular weight excluding hydrogens is 459 g/mol.